The second-order valence-electron chi connectivity index (χ2n) is 4.77. The van der Waals surface area contributed by atoms with Crippen molar-refractivity contribution in [2.45, 2.75) is 52.4 Å². The van der Waals surface area contributed by atoms with E-state index in [0.717, 1.165) is 11.8 Å². The number of allylic oxidation sites excluding steroid dienone is 2. The van der Waals surface area contributed by atoms with Crippen LogP contribution in [0.4, 0.5) is 0 Å². The highest BCUT2D eigenvalue weighted by molar-refractivity contribution is 5.15. The zero-order chi connectivity index (χ0) is 8.55. The van der Waals surface area contributed by atoms with Crippen molar-refractivity contribution < 1.29 is 0 Å². The molecule has 0 spiro atoms. The maximum atomic E-state index is 2.33. The van der Waals surface area contributed by atoms with Crippen LogP contribution < -0.4 is 0 Å². The van der Waals surface area contributed by atoms with E-state index in [9.17, 15) is 0 Å². The molecular weight excluding hydrogens is 144 g/mol. The van der Waals surface area contributed by atoms with E-state index in [1.165, 1.54) is 38.5 Å². The highest BCUT2D eigenvalue weighted by Crippen LogP contribution is 2.42. The lowest BCUT2D eigenvalue weighted by Gasteiger charge is -2.36. The summed E-state index contributed by atoms with van der Waals surface area (Å²) in [5.41, 5.74) is 3.39. The van der Waals surface area contributed by atoms with Gasteiger partial charge in [0.2, 0.25) is 0 Å². The van der Waals surface area contributed by atoms with Crippen LogP contribution >= 0.6 is 0 Å². The molecule has 2 aliphatic carbocycles. The van der Waals surface area contributed by atoms with Crippen LogP contribution in [0.15, 0.2) is 11.1 Å². The van der Waals surface area contributed by atoms with Crippen molar-refractivity contribution in [1.82, 2.24) is 0 Å². The molecule has 0 aromatic heterocycles. The average Bonchev–Trinajstić information content (AvgIpc) is 2.07. The molecular formula is C12H20. The summed E-state index contributed by atoms with van der Waals surface area (Å²) in [5.74, 6) is 2.12. The van der Waals surface area contributed by atoms with Crippen LogP contribution in [0.3, 0.4) is 0 Å². The van der Waals surface area contributed by atoms with Crippen LogP contribution in [0.5, 0.6) is 0 Å². The molecule has 0 nitrogen and oxygen atoms in total. The van der Waals surface area contributed by atoms with Gasteiger partial charge in [-0.25, -0.2) is 0 Å². The largest absolute Gasteiger partial charge is 0.0741 e. The fraction of sp³-hybridized carbons (Fsp3) is 0.833. The third-order valence-corrected chi connectivity index (χ3v) is 3.93. The lowest BCUT2D eigenvalue weighted by molar-refractivity contribution is 0.220. The standard InChI is InChI=1S/C12H20/c1-9-7-11-5-3-4-6-12(11)8-10(9)2/h11-12H,3-8H2,1-2H3/t11-,12+. The van der Waals surface area contributed by atoms with E-state index in [4.69, 9.17) is 0 Å². The maximum absolute atomic E-state index is 2.33. The molecule has 0 aromatic carbocycles. The predicted octanol–water partition coefficient (Wildman–Crippen LogP) is 3.92. The number of hydrogen-bond acceptors (Lipinski definition) is 0. The summed E-state index contributed by atoms with van der Waals surface area (Å²) in [5, 5.41) is 0. The van der Waals surface area contributed by atoms with Crippen molar-refractivity contribution >= 4 is 0 Å². The Bertz CT molecular complexity index is 178. The molecule has 2 rings (SSSR count). The second-order valence-corrected chi connectivity index (χ2v) is 4.77. The van der Waals surface area contributed by atoms with Gasteiger partial charge in [0.1, 0.15) is 0 Å². The first-order valence-electron chi connectivity index (χ1n) is 5.42. The van der Waals surface area contributed by atoms with E-state index in [-0.39, 0.29) is 0 Å². The zero-order valence-corrected chi connectivity index (χ0v) is 8.40. The van der Waals surface area contributed by atoms with Gasteiger partial charge >= 0.3 is 0 Å². The van der Waals surface area contributed by atoms with Gasteiger partial charge in [0.15, 0.2) is 0 Å². The van der Waals surface area contributed by atoms with E-state index in [1.54, 1.807) is 11.1 Å². The molecule has 0 aliphatic heterocycles. The smallest absolute Gasteiger partial charge is 0.0289 e. The Morgan fingerprint density at radius 1 is 0.833 bits per heavy atom. The highest BCUT2D eigenvalue weighted by Gasteiger charge is 2.28. The Balaban J connectivity index is 2.10. The summed E-state index contributed by atoms with van der Waals surface area (Å²) in [7, 11) is 0. The second kappa shape index (κ2) is 3.24. The van der Waals surface area contributed by atoms with Gasteiger partial charge in [0, 0.05) is 0 Å². The van der Waals surface area contributed by atoms with Gasteiger partial charge in [-0.2, -0.15) is 0 Å². The van der Waals surface area contributed by atoms with Crippen LogP contribution in [-0.4, -0.2) is 0 Å². The van der Waals surface area contributed by atoms with E-state index in [1.807, 2.05) is 0 Å². The topological polar surface area (TPSA) is 0 Å². The minimum Gasteiger partial charge on any atom is -0.0741 e. The Kier molecular flexibility index (Phi) is 2.25. The van der Waals surface area contributed by atoms with E-state index >= 15 is 0 Å². The first kappa shape index (κ1) is 8.34. The number of hydrogen-bond donors (Lipinski definition) is 0. The monoisotopic (exact) mass is 164 g/mol. The molecule has 0 aromatic rings. The molecule has 12 heavy (non-hydrogen) atoms. The normalized spacial score (nSPS) is 36.5. The van der Waals surface area contributed by atoms with Crippen molar-refractivity contribution in [2.24, 2.45) is 11.8 Å². The van der Waals surface area contributed by atoms with Gasteiger partial charge in [0.05, 0.1) is 0 Å². The van der Waals surface area contributed by atoms with Gasteiger partial charge in [0.25, 0.3) is 0 Å². The number of rotatable bonds is 0. The molecule has 0 amide bonds. The Morgan fingerprint density at radius 3 is 1.67 bits per heavy atom. The molecule has 0 saturated heterocycles. The molecule has 0 bridgehead atoms. The van der Waals surface area contributed by atoms with Crippen molar-refractivity contribution in [1.29, 1.82) is 0 Å². The van der Waals surface area contributed by atoms with Crippen LogP contribution in [0.1, 0.15) is 52.4 Å². The van der Waals surface area contributed by atoms with Crippen molar-refractivity contribution in [3.05, 3.63) is 11.1 Å². The molecule has 68 valence electrons. The Hall–Kier alpha value is -0.260. The fourth-order valence-electron chi connectivity index (χ4n) is 2.96. The summed E-state index contributed by atoms with van der Waals surface area (Å²) >= 11 is 0. The molecule has 0 unspecified atom stereocenters. The summed E-state index contributed by atoms with van der Waals surface area (Å²) in [6, 6.07) is 0. The van der Waals surface area contributed by atoms with Crippen LogP contribution in [0, 0.1) is 11.8 Å². The minimum absolute atomic E-state index is 1.06. The van der Waals surface area contributed by atoms with Gasteiger partial charge in [-0.15, -0.1) is 0 Å². The van der Waals surface area contributed by atoms with E-state index in [0.29, 0.717) is 0 Å². The van der Waals surface area contributed by atoms with Gasteiger partial charge in [-0.05, 0) is 51.4 Å². The molecule has 2 aliphatic rings. The van der Waals surface area contributed by atoms with Crippen LogP contribution in [0.25, 0.3) is 0 Å². The Morgan fingerprint density at radius 2 is 1.25 bits per heavy atom. The maximum Gasteiger partial charge on any atom is -0.0289 e. The van der Waals surface area contributed by atoms with Crippen LogP contribution in [0.2, 0.25) is 0 Å². The van der Waals surface area contributed by atoms with Gasteiger partial charge in [-0.1, -0.05) is 24.0 Å². The predicted molar refractivity (Wildman–Crippen MR) is 53.1 cm³/mol. The zero-order valence-electron chi connectivity index (χ0n) is 8.40. The molecule has 1 fully saturated rings. The van der Waals surface area contributed by atoms with Gasteiger partial charge < -0.3 is 0 Å². The van der Waals surface area contributed by atoms with E-state index < -0.39 is 0 Å². The van der Waals surface area contributed by atoms with Crippen molar-refractivity contribution in [3.8, 4) is 0 Å². The summed E-state index contributed by atoms with van der Waals surface area (Å²) in [6.45, 7) is 4.67. The SMILES string of the molecule is CC1=C(C)C[C@@H]2CCCC[C@@H]2C1. The summed E-state index contributed by atoms with van der Waals surface area (Å²) < 4.78 is 0. The first-order valence-corrected chi connectivity index (χ1v) is 5.42. The van der Waals surface area contributed by atoms with Crippen molar-refractivity contribution in [2.75, 3.05) is 0 Å². The average molecular weight is 164 g/mol. The third kappa shape index (κ3) is 1.44. The molecule has 0 radical (unpaired) electrons. The molecule has 0 heteroatoms. The number of fused-ring (bicyclic) bond motifs is 1. The van der Waals surface area contributed by atoms with Gasteiger partial charge in [-0.3, -0.25) is 0 Å². The van der Waals surface area contributed by atoms with E-state index in [2.05, 4.69) is 13.8 Å². The third-order valence-electron chi connectivity index (χ3n) is 3.93. The summed E-state index contributed by atoms with van der Waals surface area (Å²) in [6.07, 6.45) is 8.83. The molecule has 0 heterocycles. The van der Waals surface area contributed by atoms with Crippen LogP contribution in [-0.2, 0) is 0 Å². The first-order chi connectivity index (χ1) is 5.77. The fourth-order valence-corrected chi connectivity index (χ4v) is 2.96. The molecule has 2 atom stereocenters. The molecule has 1 saturated carbocycles. The lowest BCUT2D eigenvalue weighted by atomic mass is 9.69. The lowest BCUT2D eigenvalue weighted by Crippen LogP contribution is -2.23. The summed E-state index contributed by atoms with van der Waals surface area (Å²) in [4.78, 5) is 0. The minimum atomic E-state index is 1.06. The quantitative estimate of drug-likeness (QED) is 0.476. The highest BCUT2D eigenvalue weighted by atomic mass is 14.3. The molecule has 0 N–H and O–H groups in total. The Labute approximate surface area is 76.1 Å². The van der Waals surface area contributed by atoms with Crippen molar-refractivity contribution in [3.63, 3.8) is 0 Å².